The molecular weight excluding hydrogens is 158 g/mol. The molecule has 0 aromatic heterocycles. The summed E-state index contributed by atoms with van der Waals surface area (Å²) in [5.41, 5.74) is 0. The minimum Gasteiger partial charge on any atom is -0.306 e. The summed E-state index contributed by atoms with van der Waals surface area (Å²) in [5, 5.41) is 0. The summed E-state index contributed by atoms with van der Waals surface area (Å²) >= 11 is 0. The van der Waals surface area contributed by atoms with Crippen LogP contribution in [0, 0.1) is 0 Å². The average Bonchev–Trinajstić information content (AvgIpc) is 2.13. The second-order valence-electron chi connectivity index (χ2n) is 4.07. The zero-order chi connectivity index (χ0) is 9.94. The van der Waals surface area contributed by atoms with Crippen molar-refractivity contribution in [1.82, 2.24) is 4.90 Å². The zero-order valence-electron chi connectivity index (χ0n) is 9.81. The van der Waals surface area contributed by atoms with Crippen molar-refractivity contribution in [3.05, 3.63) is 0 Å². The maximum Gasteiger partial charge on any atom is -0.00218 e. The van der Waals surface area contributed by atoms with E-state index in [9.17, 15) is 0 Å². The van der Waals surface area contributed by atoms with Crippen LogP contribution in [-0.2, 0) is 0 Å². The normalized spacial score (nSPS) is 11.1. The fourth-order valence-corrected chi connectivity index (χ4v) is 1.55. The molecule has 0 aliphatic heterocycles. The van der Waals surface area contributed by atoms with Gasteiger partial charge in [-0.2, -0.15) is 0 Å². The van der Waals surface area contributed by atoms with Crippen molar-refractivity contribution in [2.75, 3.05) is 20.1 Å². The Bertz CT molecular complexity index is 91.1. The fraction of sp³-hybridized carbons (Fsp3) is 1.00. The van der Waals surface area contributed by atoms with E-state index in [2.05, 4.69) is 25.8 Å². The molecule has 0 radical (unpaired) electrons. The topological polar surface area (TPSA) is 3.24 Å². The molecule has 0 saturated carbocycles. The predicted molar refractivity (Wildman–Crippen MR) is 61.2 cm³/mol. The van der Waals surface area contributed by atoms with E-state index in [1.165, 1.54) is 58.0 Å². The van der Waals surface area contributed by atoms with Crippen LogP contribution in [0.1, 0.15) is 58.8 Å². The van der Waals surface area contributed by atoms with E-state index in [1.54, 1.807) is 0 Å². The third-order valence-electron chi connectivity index (χ3n) is 2.54. The molecule has 0 aromatic rings. The van der Waals surface area contributed by atoms with E-state index >= 15 is 0 Å². The summed E-state index contributed by atoms with van der Waals surface area (Å²) in [6.07, 6.45) is 9.65. The molecule has 0 N–H and O–H groups in total. The predicted octanol–water partition coefficient (Wildman–Crippen LogP) is 3.69. The maximum absolute atomic E-state index is 2.48. The van der Waals surface area contributed by atoms with Crippen molar-refractivity contribution in [2.45, 2.75) is 58.8 Å². The van der Waals surface area contributed by atoms with E-state index in [4.69, 9.17) is 0 Å². The minimum atomic E-state index is 1.29. The van der Waals surface area contributed by atoms with E-state index in [1.807, 2.05) is 0 Å². The zero-order valence-corrected chi connectivity index (χ0v) is 9.81. The molecule has 0 atom stereocenters. The highest BCUT2D eigenvalue weighted by Crippen LogP contribution is 2.01. The van der Waals surface area contributed by atoms with Crippen molar-refractivity contribution in [3.63, 3.8) is 0 Å². The van der Waals surface area contributed by atoms with Gasteiger partial charge in [0.2, 0.25) is 0 Å². The second-order valence-corrected chi connectivity index (χ2v) is 4.07. The standard InChI is InChI=1S/C12H27N/c1-4-6-8-10-12-13(3)11-9-7-5-2/h4-12H2,1-3H3. The van der Waals surface area contributed by atoms with Crippen LogP contribution in [0.4, 0.5) is 0 Å². The van der Waals surface area contributed by atoms with Crippen LogP contribution in [-0.4, -0.2) is 25.0 Å². The van der Waals surface area contributed by atoms with Gasteiger partial charge in [0.15, 0.2) is 0 Å². The first kappa shape index (κ1) is 13.0. The Morgan fingerprint density at radius 1 is 0.692 bits per heavy atom. The van der Waals surface area contributed by atoms with Gasteiger partial charge < -0.3 is 4.90 Å². The summed E-state index contributed by atoms with van der Waals surface area (Å²) in [5.74, 6) is 0. The first-order chi connectivity index (χ1) is 6.31. The van der Waals surface area contributed by atoms with Gasteiger partial charge in [0.05, 0.1) is 0 Å². The molecule has 80 valence electrons. The van der Waals surface area contributed by atoms with E-state index in [0.717, 1.165) is 0 Å². The summed E-state index contributed by atoms with van der Waals surface area (Å²) in [6.45, 7) is 7.12. The Morgan fingerprint density at radius 3 is 1.69 bits per heavy atom. The highest BCUT2D eigenvalue weighted by atomic mass is 15.1. The summed E-state index contributed by atoms with van der Waals surface area (Å²) in [4.78, 5) is 2.48. The smallest absolute Gasteiger partial charge is 0.00218 e. The fourth-order valence-electron chi connectivity index (χ4n) is 1.55. The summed E-state index contributed by atoms with van der Waals surface area (Å²) in [7, 11) is 2.25. The monoisotopic (exact) mass is 185 g/mol. The minimum absolute atomic E-state index is 1.29. The lowest BCUT2D eigenvalue weighted by Gasteiger charge is -2.15. The number of rotatable bonds is 9. The number of unbranched alkanes of at least 4 members (excludes halogenated alkanes) is 5. The van der Waals surface area contributed by atoms with Gasteiger partial charge in [-0.1, -0.05) is 46.0 Å². The van der Waals surface area contributed by atoms with Crippen LogP contribution in [0.2, 0.25) is 0 Å². The number of hydrogen-bond donors (Lipinski definition) is 0. The lowest BCUT2D eigenvalue weighted by Crippen LogP contribution is -2.20. The molecule has 0 saturated heterocycles. The SMILES string of the molecule is CCCCCCN(C)CCCCC. The van der Waals surface area contributed by atoms with Crippen molar-refractivity contribution < 1.29 is 0 Å². The maximum atomic E-state index is 2.48. The van der Waals surface area contributed by atoms with Gasteiger partial charge >= 0.3 is 0 Å². The second kappa shape index (κ2) is 10.0. The van der Waals surface area contributed by atoms with Gasteiger partial charge in [-0.15, -0.1) is 0 Å². The molecule has 0 spiro atoms. The number of hydrogen-bond acceptors (Lipinski definition) is 1. The van der Waals surface area contributed by atoms with E-state index < -0.39 is 0 Å². The third-order valence-corrected chi connectivity index (χ3v) is 2.54. The molecule has 0 heterocycles. The molecule has 0 aromatic carbocycles. The van der Waals surface area contributed by atoms with Crippen molar-refractivity contribution in [1.29, 1.82) is 0 Å². The molecule has 0 bridgehead atoms. The van der Waals surface area contributed by atoms with Crippen molar-refractivity contribution in [2.24, 2.45) is 0 Å². The van der Waals surface area contributed by atoms with Gasteiger partial charge in [0.1, 0.15) is 0 Å². The van der Waals surface area contributed by atoms with Crippen LogP contribution < -0.4 is 0 Å². The van der Waals surface area contributed by atoms with Crippen LogP contribution in [0.15, 0.2) is 0 Å². The Hall–Kier alpha value is -0.0400. The molecule has 0 aliphatic carbocycles. The summed E-state index contributed by atoms with van der Waals surface area (Å²) in [6, 6.07) is 0. The van der Waals surface area contributed by atoms with Gasteiger partial charge in [0.25, 0.3) is 0 Å². The number of nitrogens with zero attached hydrogens (tertiary/aromatic N) is 1. The van der Waals surface area contributed by atoms with Gasteiger partial charge in [0, 0.05) is 0 Å². The van der Waals surface area contributed by atoms with Gasteiger partial charge in [-0.05, 0) is 33.0 Å². The molecule has 1 heteroatoms. The Kier molecular flexibility index (Phi) is 10.0. The molecule has 1 nitrogen and oxygen atoms in total. The Balaban J connectivity index is 3.05. The van der Waals surface area contributed by atoms with Crippen LogP contribution in [0.25, 0.3) is 0 Å². The molecule has 0 amide bonds. The van der Waals surface area contributed by atoms with Gasteiger partial charge in [-0.3, -0.25) is 0 Å². The molecule has 0 fully saturated rings. The van der Waals surface area contributed by atoms with Crippen molar-refractivity contribution in [3.8, 4) is 0 Å². The molecule has 0 aliphatic rings. The van der Waals surface area contributed by atoms with Gasteiger partial charge in [-0.25, -0.2) is 0 Å². The average molecular weight is 185 g/mol. The van der Waals surface area contributed by atoms with Crippen molar-refractivity contribution >= 4 is 0 Å². The largest absolute Gasteiger partial charge is 0.306 e. The van der Waals surface area contributed by atoms with Crippen LogP contribution in [0.3, 0.4) is 0 Å². The summed E-state index contributed by atoms with van der Waals surface area (Å²) < 4.78 is 0. The Morgan fingerprint density at radius 2 is 1.15 bits per heavy atom. The molecule has 0 rings (SSSR count). The molecule has 0 unspecified atom stereocenters. The third kappa shape index (κ3) is 9.88. The highest BCUT2D eigenvalue weighted by Gasteiger charge is 1.96. The quantitative estimate of drug-likeness (QED) is 0.495. The highest BCUT2D eigenvalue weighted by molar-refractivity contribution is 4.52. The lowest BCUT2D eigenvalue weighted by molar-refractivity contribution is 0.316. The van der Waals surface area contributed by atoms with Crippen LogP contribution in [0.5, 0.6) is 0 Å². The first-order valence-electron chi connectivity index (χ1n) is 5.99. The van der Waals surface area contributed by atoms with E-state index in [-0.39, 0.29) is 0 Å². The lowest BCUT2D eigenvalue weighted by atomic mass is 10.2. The molecular formula is C12H27N. The van der Waals surface area contributed by atoms with Crippen LogP contribution >= 0.6 is 0 Å². The Labute approximate surface area is 84.5 Å². The van der Waals surface area contributed by atoms with E-state index in [0.29, 0.717) is 0 Å². The molecule has 13 heavy (non-hydrogen) atoms. The first-order valence-corrected chi connectivity index (χ1v) is 5.99.